The summed E-state index contributed by atoms with van der Waals surface area (Å²) in [6.45, 7) is 2.64. The van der Waals surface area contributed by atoms with Crippen LogP contribution in [-0.4, -0.2) is 71.6 Å². The van der Waals surface area contributed by atoms with Gasteiger partial charge in [0.05, 0.1) is 11.8 Å². The van der Waals surface area contributed by atoms with Crippen molar-refractivity contribution in [2.45, 2.75) is 25.4 Å². The van der Waals surface area contributed by atoms with Crippen molar-refractivity contribution in [3.05, 3.63) is 0 Å². The lowest BCUT2D eigenvalue weighted by Crippen LogP contribution is -2.53. The molecule has 1 N–H and O–H groups in total. The molecule has 2 saturated heterocycles. The summed E-state index contributed by atoms with van der Waals surface area (Å²) in [5.41, 5.74) is 0. The Morgan fingerprint density at radius 1 is 0.952 bits per heavy atom. The average molecular weight is 296 g/mol. The van der Waals surface area contributed by atoms with Gasteiger partial charge in [-0.2, -0.15) is 0 Å². The molecule has 7 nitrogen and oxygen atoms in total. The van der Waals surface area contributed by atoms with Crippen LogP contribution in [-0.2, 0) is 19.1 Å². The van der Waals surface area contributed by atoms with E-state index in [-0.39, 0.29) is 23.8 Å². The molecule has 0 aromatic heterocycles. The first-order valence-corrected chi connectivity index (χ1v) is 7.50. The number of hydrogen-bond acceptors (Lipinski definition) is 4. The number of carbonyl (C=O) groups is 3. The Hall–Kier alpha value is -1.63. The van der Waals surface area contributed by atoms with Crippen molar-refractivity contribution in [1.29, 1.82) is 0 Å². The highest BCUT2D eigenvalue weighted by molar-refractivity contribution is 5.89. The van der Waals surface area contributed by atoms with E-state index in [4.69, 9.17) is 9.84 Å². The predicted molar refractivity (Wildman–Crippen MR) is 71.4 cm³/mol. The van der Waals surface area contributed by atoms with Crippen molar-refractivity contribution in [3.63, 3.8) is 0 Å². The van der Waals surface area contributed by atoms with Crippen LogP contribution in [0.15, 0.2) is 0 Å². The summed E-state index contributed by atoms with van der Waals surface area (Å²) in [5.74, 6) is -1.81. The fourth-order valence-electron chi connectivity index (χ4n) is 3.10. The molecule has 0 radical (unpaired) electrons. The normalized spacial score (nSPS) is 32.1. The third-order valence-corrected chi connectivity index (χ3v) is 4.53. The number of carbonyl (C=O) groups excluding carboxylic acids is 2. The second-order valence-electron chi connectivity index (χ2n) is 5.94. The summed E-state index contributed by atoms with van der Waals surface area (Å²) < 4.78 is 5.39. The predicted octanol–water partition coefficient (Wildman–Crippen LogP) is -0.443. The maximum atomic E-state index is 12.2. The monoisotopic (exact) mass is 296 g/mol. The van der Waals surface area contributed by atoms with Crippen molar-refractivity contribution in [2.24, 2.45) is 11.8 Å². The largest absolute Gasteiger partial charge is 0.481 e. The van der Waals surface area contributed by atoms with Crippen molar-refractivity contribution in [1.82, 2.24) is 9.80 Å². The number of rotatable bonds is 3. The number of aliphatic carboxylic acids is 1. The molecule has 7 heteroatoms. The molecule has 1 aliphatic carbocycles. The van der Waals surface area contributed by atoms with E-state index < -0.39 is 11.9 Å². The van der Waals surface area contributed by atoms with E-state index in [0.717, 1.165) is 12.8 Å². The van der Waals surface area contributed by atoms with Crippen LogP contribution >= 0.6 is 0 Å². The topological polar surface area (TPSA) is 87.2 Å². The molecular formula is C14H20N2O5. The minimum atomic E-state index is -0.888. The highest BCUT2D eigenvalue weighted by Gasteiger charge is 2.50. The first-order chi connectivity index (χ1) is 10.1. The van der Waals surface area contributed by atoms with Crippen LogP contribution in [0.3, 0.4) is 0 Å². The quantitative estimate of drug-likeness (QED) is 0.762. The fraction of sp³-hybridized carbons (Fsp3) is 0.786. The molecule has 2 amide bonds. The van der Waals surface area contributed by atoms with Gasteiger partial charge in [-0.3, -0.25) is 14.4 Å². The second kappa shape index (κ2) is 5.63. The summed E-state index contributed by atoms with van der Waals surface area (Å²) in [7, 11) is 0. The maximum absolute atomic E-state index is 12.2. The summed E-state index contributed by atoms with van der Waals surface area (Å²) in [5, 5.41) is 8.87. The molecule has 0 aromatic rings. The Morgan fingerprint density at radius 2 is 1.57 bits per heavy atom. The van der Waals surface area contributed by atoms with Gasteiger partial charge in [-0.25, -0.2) is 0 Å². The minimum Gasteiger partial charge on any atom is -0.481 e. The zero-order chi connectivity index (χ0) is 15.0. The van der Waals surface area contributed by atoms with Gasteiger partial charge >= 0.3 is 5.97 Å². The van der Waals surface area contributed by atoms with Crippen molar-refractivity contribution >= 4 is 17.8 Å². The number of piperazine rings is 1. The van der Waals surface area contributed by atoms with E-state index in [1.807, 2.05) is 0 Å². The van der Waals surface area contributed by atoms with Crippen LogP contribution in [0.1, 0.15) is 19.3 Å². The molecule has 0 aromatic carbocycles. The Kier molecular flexibility index (Phi) is 3.84. The van der Waals surface area contributed by atoms with Gasteiger partial charge in [0, 0.05) is 32.8 Å². The highest BCUT2D eigenvalue weighted by Crippen LogP contribution is 2.40. The molecule has 21 heavy (non-hydrogen) atoms. The van der Waals surface area contributed by atoms with Gasteiger partial charge in [0.1, 0.15) is 6.10 Å². The molecule has 3 aliphatic rings. The molecular weight excluding hydrogens is 276 g/mol. The van der Waals surface area contributed by atoms with Crippen molar-refractivity contribution in [2.75, 3.05) is 32.8 Å². The third-order valence-electron chi connectivity index (χ3n) is 4.53. The first-order valence-electron chi connectivity index (χ1n) is 7.50. The number of carboxylic acids is 1. The third kappa shape index (κ3) is 2.88. The van der Waals surface area contributed by atoms with Crippen LogP contribution in [0.25, 0.3) is 0 Å². The molecule has 1 unspecified atom stereocenters. The Labute approximate surface area is 122 Å². The van der Waals surface area contributed by atoms with Gasteiger partial charge in [0.15, 0.2) is 0 Å². The standard InChI is InChI=1S/C14H20N2O5/c17-12(9-8-10(9)14(19)20)15-3-5-16(6-4-15)13(18)11-2-1-7-21-11/h9-11H,1-8H2,(H,19,20)/t9-,10+,11?/m1/s1. The van der Waals surface area contributed by atoms with Crippen LogP contribution in [0.5, 0.6) is 0 Å². The van der Waals surface area contributed by atoms with E-state index in [9.17, 15) is 14.4 Å². The summed E-state index contributed by atoms with van der Waals surface area (Å²) in [6.07, 6.45) is 1.84. The van der Waals surface area contributed by atoms with Crippen LogP contribution in [0, 0.1) is 11.8 Å². The summed E-state index contributed by atoms with van der Waals surface area (Å²) in [4.78, 5) is 38.6. The number of hydrogen-bond donors (Lipinski definition) is 1. The SMILES string of the molecule is O=C(O)[C@H]1C[C@H]1C(=O)N1CCN(C(=O)C2CCCO2)CC1. The van der Waals surface area contributed by atoms with Crippen molar-refractivity contribution in [3.8, 4) is 0 Å². The fourth-order valence-corrected chi connectivity index (χ4v) is 3.10. The van der Waals surface area contributed by atoms with Gasteiger partial charge < -0.3 is 19.6 Å². The van der Waals surface area contributed by atoms with Gasteiger partial charge in [-0.1, -0.05) is 0 Å². The van der Waals surface area contributed by atoms with Gasteiger partial charge in [-0.15, -0.1) is 0 Å². The molecule has 3 fully saturated rings. The second-order valence-corrected chi connectivity index (χ2v) is 5.94. The maximum Gasteiger partial charge on any atom is 0.307 e. The lowest BCUT2D eigenvalue weighted by Gasteiger charge is -2.35. The minimum absolute atomic E-state index is 0.0226. The number of nitrogens with zero attached hydrogens (tertiary/aromatic N) is 2. The molecule has 0 spiro atoms. The highest BCUT2D eigenvalue weighted by atomic mass is 16.5. The molecule has 3 atom stereocenters. The molecule has 3 rings (SSSR count). The Bertz CT molecular complexity index is 452. The molecule has 116 valence electrons. The van der Waals surface area contributed by atoms with E-state index in [2.05, 4.69) is 0 Å². The zero-order valence-electron chi connectivity index (χ0n) is 11.9. The van der Waals surface area contributed by atoms with E-state index in [1.165, 1.54) is 0 Å². The first kappa shape index (κ1) is 14.3. The molecule has 1 saturated carbocycles. The Balaban J connectivity index is 1.48. The smallest absolute Gasteiger partial charge is 0.307 e. The van der Waals surface area contributed by atoms with Gasteiger partial charge in [0.2, 0.25) is 5.91 Å². The Morgan fingerprint density at radius 3 is 2.05 bits per heavy atom. The molecule has 2 aliphatic heterocycles. The lowest BCUT2D eigenvalue weighted by molar-refractivity contribution is -0.147. The molecule has 2 heterocycles. The molecule has 0 bridgehead atoms. The van der Waals surface area contributed by atoms with Gasteiger partial charge in [0.25, 0.3) is 5.91 Å². The van der Waals surface area contributed by atoms with Crippen LogP contribution in [0.2, 0.25) is 0 Å². The van der Waals surface area contributed by atoms with E-state index in [0.29, 0.717) is 39.2 Å². The number of amides is 2. The van der Waals surface area contributed by atoms with Crippen LogP contribution < -0.4 is 0 Å². The van der Waals surface area contributed by atoms with E-state index >= 15 is 0 Å². The summed E-state index contributed by atoms with van der Waals surface area (Å²) in [6, 6.07) is 0. The lowest BCUT2D eigenvalue weighted by atomic mass is 10.2. The van der Waals surface area contributed by atoms with E-state index in [1.54, 1.807) is 9.80 Å². The summed E-state index contributed by atoms with van der Waals surface area (Å²) >= 11 is 0. The van der Waals surface area contributed by atoms with Crippen molar-refractivity contribution < 1.29 is 24.2 Å². The number of ether oxygens (including phenoxy) is 1. The zero-order valence-corrected chi connectivity index (χ0v) is 11.9. The van der Waals surface area contributed by atoms with Crippen LogP contribution in [0.4, 0.5) is 0 Å². The number of carboxylic acid groups (broad SMARTS) is 1. The average Bonchev–Trinajstić information content (AvgIpc) is 3.12. The van der Waals surface area contributed by atoms with Gasteiger partial charge in [-0.05, 0) is 19.3 Å².